The highest BCUT2D eigenvalue weighted by atomic mass is 32.2. The fraction of sp³-hybridized carbons (Fsp3) is 0.333. The number of fused-ring (bicyclic) bond motifs is 1. The first-order valence-corrected chi connectivity index (χ1v) is 6.39. The largest absolute Gasteiger partial charge is 0.461 e. The van der Waals surface area contributed by atoms with E-state index in [9.17, 15) is 31.5 Å². The van der Waals surface area contributed by atoms with Crippen LogP contribution in [0.25, 0.3) is 0 Å². The molecule has 1 aliphatic rings. The third-order valence-corrected chi connectivity index (χ3v) is 4.02. The van der Waals surface area contributed by atoms with Gasteiger partial charge in [-0.2, -0.15) is 22.0 Å². The van der Waals surface area contributed by atoms with Gasteiger partial charge in [0.05, 0.1) is 5.92 Å². The van der Waals surface area contributed by atoms with Crippen molar-refractivity contribution in [3.8, 4) is 0 Å². The van der Waals surface area contributed by atoms with E-state index in [1.54, 1.807) is 12.1 Å². The lowest BCUT2D eigenvalue weighted by molar-refractivity contribution is -0.269. The number of carbonyl (C=O) groups is 2. The third-order valence-electron chi connectivity index (χ3n) is 2.86. The topological polar surface area (TPSA) is 34.1 Å². The number of hydrogen-bond donors (Lipinski definition) is 0. The monoisotopic (exact) mass is 310 g/mol. The summed E-state index contributed by atoms with van der Waals surface area (Å²) in [5.74, 6) is -11.3. The van der Waals surface area contributed by atoms with Crippen molar-refractivity contribution in [1.82, 2.24) is 0 Å². The molecule has 8 heteroatoms. The van der Waals surface area contributed by atoms with Crippen LogP contribution < -0.4 is 0 Å². The van der Waals surface area contributed by atoms with Crippen LogP contribution in [0.15, 0.2) is 29.2 Å². The lowest BCUT2D eigenvalue weighted by atomic mass is 9.91. The Labute approximate surface area is 114 Å². The molecule has 1 atom stereocenters. The molecule has 2 nitrogen and oxygen atoms in total. The zero-order valence-electron chi connectivity index (χ0n) is 9.71. The first-order chi connectivity index (χ1) is 9.16. The minimum Gasteiger partial charge on any atom is -0.293 e. The van der Waals surface area contributed by atoms with Gasteiger partial charge in [-0.1, -0.05) is 18.2 Å². The molecule has 1 heterocycles. The number of carbonyl (C=O) groups excluding carboxylic acids is 2. The maximum absolute atomic E-state index is 13.0. The number of thioether (sulfide) groups is 1. The molecule has 108 valence electrons. The van der Waals surface area contributed by atoms with Crippen LogP contribution in [0.3, 0.4) is 0 Å². The fourth-order valence-corrected chi connectivity index (χ4v) is 2.93. The molecular formula is C12H7F5O2S. The van der Waals surface area contributed by atoms with Crippen LogP contribution in [-0.2, 0) is 4.79 Å². The van der Waals surface area contributed by atoms with Crippen LogP contribution in [0.4, 0.5) is 22.0 Å². The first kappa shape index (κ1) is 15.0. The van der Waals surface area contributed by atoms with Gasteiger partial charge in [-0.05, 0) is 6.07 Å². The number of halogens is 5. The predicted octanol–water partition coefficient (Wildman–Crippen LogP) is 3.36. The van der Waals surface area contributed by atoms with E-state index in [4.69, 9.17) is 0 Å². The number of Topliss-reactive ketones (excluding diaryl/α,β-unsaturated/α-hetero) is 2. The molecule has 1 unspecified atom stereocenters. The van der Waals surface area contributed by atoms with Gasteiger partial charge in [0.1, 0.15) is 0 Å². The van der Waals surface area contributed by atoms with E-state index in [1.165, 1.54) is 12.1 Å². The highest BCUT2D eigenvalue weighted by molar-refractivity contribution is 7.99. The minimum absolute atomic E-state index is 0.0000690. The normalized spacial score (nSPS) is 19.6. The van der Waals surface area contributed by atoms with Crippen molar-refractivity contribution in [3.63, 3.8) is 0 Å². The Hall–Kier alpha value is -1.44. The highest BCUT2D eigenvalue weighted by Gasteiger charge is 2.65. The van der Waals surface area contributed by atoms with Crippen molar-refractivity contribution in [3.05, 3.63) is 29.8 Å². The molecule has 2 rings (SSSR count). The van der Waals surface area contributed by atoms with Crippen molar-refractivity contribution in [1.29, 1.82) is 0 Å². The molecule has 20 heavy (non-hydrogen) atoms. The first-order valence-electron chi connectivity index (χ1n) is 5.41. The lowest BCUT2D eigenvalue weighted by Crippen LogP contribution is -2.50. The summed E-state index contributed by atoms with van der Waals surface area (Å²) in [6, 6.07) is 5.90. The van der Waals surface area contributed by atoms with Gasteiger partial charge in [0.2, 0.25) is 5.78 Å². The van der Waals surface area contributed by atoms with Gasteiger partial charge >= 0.3 is 12.1 Å². The van der Waals surface area contributed by atoms with Crippen molar-refractivity contribution in [2.75, 3.05) is 5.75 Å². The molecule has 0 aromatic heterocycles. The van der Waals surface area contributed by atoms with Crippen molar-refractivity contribution in [2.24, 2.45) is 5.92 Å². The van der Waals surface area contributed by atoms with Gasteiger partial charge in [0.25, 0.3) is 0 Å². The van der Waals surface area contributed by atoms with E-state index >= 15 is 0 Å². The number of ketones is 2. The van der Waals surface area contributed by atoms with Gasteiger partial charge in [-0.15, -0.1) is 11.8 Å². The maximum Gasteiger partial charge on any atom is 0.461 e. The Morgan fingerprint density at radius 3 is 2.35 bits per heavy atom. The summed E-state index contributed by atoms with van der Waals surface area (Å²) in [6.07, 6.45) is -5.99. The molecule has 1 aromatic carbocycles. The van der Waals surface area contributed by atoms with Crippen molar-refractivity contribution in [2.45, 2.75) is 17.0 Å². The average molecular weight is 310 g/mol. The number of rotatable bonds is 2. The molecule has 1 aromatic rings. The molecule has 0 spiro atoms. The molecule has 0 amide bonds. The highest BCUT2D eigenvalue weighted by Crippen LogP contribution is 2.41. The number of hydrogen-bond acceptors (Lipinski definition) is 3. The SMILES string of the molecule is O=C1c2ccccc2SCC1C(=O)C(F)(F)C(F)(F)F. The minimum atomic E-state index is -5.99. The molecule has 0 fully saturated rings. The Bertz CT molecular complexity index is 567. The van der Waals surface area contributed by atoms with Crippen LogP contribution in [0.2, 0.25) is 0 Å². The predicted molar refractivity (Wildman–Crippen MR) is 61.0 cm³/mol. The number of alkyl halides is 5. The summed E-state index contributed by atoms with van der Waals surface area (Å²) in [6.45, 7) is 0. The molecule has 0 N–H and O–H groups in total. The molecule has 0 aliphatic carbocycles. The average Bonchev–Trinajstić information content (AvgIpc) is 2.37. The second-order valence-corrected chi connectivity index (χ2v) is 5.22. The van der Waals surface area contributed by atoms with E-state index in [0.717, 1.165) is 11.8 Å². The molecule has 0 saturated heterocycles. The van der Waals surface area contributed by atoms with Gasteiger partial charge in [-0.25, -0.2) is 0 Å². The summed E-state index contributed by atoms with van der Waals surface area (Å²) in [7, 11) is 0. The summed E-state index contributed by atoms with van der Waals surface area (Å²) in [5.41, 5.74) is 0.0000690. The van der Waals surface area contributed by atoms with Gasteiger partial charge in [-0.3, -0.25) is 9.59 Å². The Kier molecular flexibility index (Phi) is 3.62. The Balaban J connectivity index is 2.33. The molecule has 0 bridgehead atoms. The van der Waals surface area contributed by atoms with E-state index in [0.29, 0.717) is 4.90 Å². The maximum atomic E-state index is 13.0. The van der Waals surface area contributed by atoms with Crippen LogP contribution in [0.5, 0.6) is 0 Å². The Morgan fingerprint density at radius 1 is 1.15 bits per heavy atom. The molecule has 0 saturated carbocycles. The quantitative estimate of drug-likeness (QED) is 0.620. The van der Waals surface area contributed by atoms with Gasteiger partial charge in [0.15, 0.2) is 5.78 Å². The van der Waals surface area contributed by atoms with E-state index in [2.05, 4.69) is 0 Å². The van der Waals surface area contributed by atoms with E-state index < -0.39 is 35.3 Å². The Morgan fingerprint density at radius 2 is 1.75 bits per heavy atom. The van der Waals surface area contributed by atoms with Crippen LogP contribution in [0.1, 0.15) is 10.4 Å². The number of benzene rings is 1. The van der Waals surface area contributed by atoms with Crippen LogP contribution in [-0.4, -0.2) is 29.4 Å². The van der Waals surface area contributed by atoms with Gasteiger partial charge < -0.3 is 0 Å². The molecule has 0 radical (unpaired) electrons. The summed E-state index contributed by atoms with van der Waals surface area (Å²) >= 11 is 0.913. The second-order valence-electron chi connectivity index (χ2n) is 4.16. The summed E-state index contributed by atoms with van der Waals surface area (Å²) < 4.78 is 62.6. The second kappa shape index (κ2) is 4.83. The standard InChI is InChI=1S/C12H7F5O2S/c13-11(14,12(15,16)17)10(19)7-5-20-8-4-2-1-3-6(8)9(7)18/h1-4,7H,5H2. The van der Waals surface area contributed by atoms with Crippen LogP contribution in [0, 0.1) is 5.92 Å². The molecular weight excluding hydrogens is 303 g/mol. The van der Waals surface area contributed by atoms with E-state index in [-0.39, 0.29) is 5.56 Å². The van der Waals surface area contributed by atoms with Crippen molar-refractivity contribution >= 4 is 23.3 Å². The molecule has 1 aliphatic heterocycles. The fourth-order valence-electron chi connectivity index (χ4n) is 1.79. The van der Waals surface area contributed by atoms with E-state index in [1.807, 2.05) is 0 Å². The van der Waals surface area contributed by atoms with Gasteiger partial charge in [0, 0.05) is 16.2 Å². The third kappa shape index (κ3) is 2.32. The zero-order chi connectivity index (χ0) is 15.1. The summed E-state index contributed by atoms with van der Waals surface area (Å²) in [4.78, 5) is 23.7. The smallest absolute Gasteiger partial charge is 0.293 e. The van der Waals surface area contributed by atoms with Crippen molar-refractivity contribution < 1.29 is 31.5 Å². The summed E-state index contributed by atoms with van der Waals surface area (Å²) in [5, 5.41) is 0. The van der Waals surface area contributed by atoms with Crippen LogP contribution >= 0.6 is 11.8 Å². The zero-order valence-corrected chi connectivity index (χ0v) is 10.5. The lowest BCUT2D eigenvalue weighted by Gasteiger charge is -2.26.